The van der Waals surface area contributed by atoms with Crippen LogP contribution in [0.4, 0.5) is 0 Å². The van der Waals surface area contributed by atoms with Crippen LogP contribution >= 0.6 is 0 Å². The molecule has 0 amide bonds. The molecule has 0 radical (unpaired) electrons. The Bertz CT molecular complexity index is 996. The van der Waals surface area contributed by atoms with Crippen LogP contribution in [0.25, 0.3) is 11.0 Å². The second-order valence-electron chi connectivity index (χ2n) is 6.46. The molecule has 1 aromatic heterocycles. The Morgan fingerprint density at radius 2 is 1.72 bits per heavy atom. The number of sulfonamides is 1. The van der Waals surface area contributed by atoms with Crippen molar-refractivity contribution in [1.82, 2.24) is 13.9 Å². The first-order chi connectivity index (χ1) is 12.1. The van der Waals surface area contributed by atoms with Crippen molar-refractivity contribution in [3.8, 4) is 0 Å². The lowest BCUT2D eigenvalue weighted by Crippen LogP contribution is -2.39. The Kier molecular flexibility index (Phi) is 4.09. The Labute approximate surface area is 148 Å². The number of hydrogen-bond acceptors (Lipinski definition) is 3. The van der Waals surface area contributed by atoms with E-state index in [9.17, 15) is 8.42 Å². The van der Waals surface area contributed by atoms with E-state index in [1.54, 1.807) is 28.6 Å². The number of rotatable bonds is 3. The van der Waals surface area contributed by atoms with E-state index in [2.05, 4.69) is 0 Å². The van der Waals surface area contributed by atoms with Crippen LogP contribution in [0.15, 0.2) is 59.5 Å². The van der Waals surface area contributed by atoms with Gasteiger partial charge in [-0.25, -0.2) is 13.4 Å². The maximum Gasteiger partial charge on any atom is 0.243 e. The quantitative estimate of drug-likeness (QED) is 0.723. The highest BCUT2D eigenvalue weighted by atomic mass is 32.2. The van der Waals surface area contributed by atoms with Crippen molar-refractivity contribution in [1.29, 1.82) is 0 Å². The summed E-state index contributed by atoms with van der Waals surface area (Å²) in [4.78, 5) is 5.10. The van der Waals surface area contributed by atoms with E-state index >= 15 is 0 Å². The molecule has 4 rings (SSSR count). The minimum absolute atomic E-state index is 0.226. The van der Waals surface area contributed by atoms with Crippen LogP contribution in [0.1, 0.15) is 31.1 Å². The first-order valence-electron chi connectivity index (χ1n) is 8.57. The van der Waals surface area contributed by atoms with Gasteiger partial charge in [0.2, 0.25) is 10.0 Å². The van der Waals surface area contributed by atoms with Gasteiger partial charge in [-0.3, -0.25) is 0 Å². The van der Waals surface area contributed by atoms with E-state index in [0.29, 0.717) is 11.4 Å². The van der Waals surface area contributed by atoms with Crippen LogP contribution < -0.4 is 0 Å². The molecule has 25 heavy (non-hydrogen) atoms. The maximum atomic E-state index is 13.2. The van der Waals surface area contributed by atoms with Gasteiger partial charge in [0.15, 0.2) is 0 Å². The summed E-state index contributed by atoms with van der Waals surface area (Å²) in [5.74, 6) is 0.820. The number of aromatic nitrogens is 2. The van der Waals surface area contributed by atoms with Gasteiger partial charge in [-0.2, -0.15) is 4.31 Å². The topological polar surface area (TPSA) is 55.2 Å². The standard InChI is InChI=1S/C19H21N3O2S/c1-21-17-12-6-5-11-16(17)20-19(21)18-13-7-8-14-22(18)25(23,24)15-9-3-2-4-10-15/h2-6,9-12,18H,7-8,13-14H2,1H3/t18-/m1/s1. The molecule has 1 fully saturated rings. The lowest BCUT2D eigenvalue weighted by Gasteiger charge is -2.34. The molecule has 0 bridgehead atoms. The van der Waals surface area contributed by atoms with Crippen molar-refractivity contribution in [2.45, 2.75) is 30.2 Å². The van der Waals surface area contributed by atoms with Gasteiger partial charge < -0.3 is 4.57 Å². The second kappa shape index (κ2) is 6.28. The van der Waals surface area contributed by atoms with Crippen LogP contribution in [-0.4, -0.2) is 28.8 Å². The van der Waals surface area contributed by atoms with Gasteiger partial charge in [0.25, 0.3) is 0 Å². The summed E-state index contributed by atoms with van der Waals surface area (Å²) in [6.45, 7) is 0.533. The number of hydrogen-bond donors (Lipinski definition) is 0. The number of para-hydroxylation sites is 2. The van der Waals surface area contributed by atoms with Crippen LogP contribution in [0.2, 0.25) is 0 Å². The molecular formula is C19H21N3O2S. The number of nitrogens with zero attached hydrogens (tertiary/aromatic N) is 3. The third-order valence-corrected chi connectivity index (χ3v) is 6.85. The van der Waals surface area contributed by atoms with E-state index < -0.39 is 10.0 Å². The molecule has 2 aromatic carbocycles. The second-order valence-corrected chi connectivity index (χ2v) is 8.35. The Hall–Kier alpha value is -2.18. The van der Waals surface area contributed by atoms with Crippen LogP contribution in [0, 0.1) is 0 Å². The molecule has 1 aliphatic heterocycles. The SMILES string of the molecule is Cn1c([C@H]2CCCCN2S(=O)(=O)c2ccccc2)nc2ccccc21. The summed E-state index contributed by atoms with van der Waals surface area (Å²) in [5, 5.41) is 0. The molecule has 3 aromatic rings. The fourth-order valence-corrected chi connectivity index (χ4v) is 5.32. The normalized spacial score (nSPS) is 19.3. The zero-order valence-electron chi connectivity index (χ0n) is 14.2. The van der Waals surface area contributed by atoms with E-state index in [1.807, 2.05) is 41.9 Å². The van der Waals surface area contributed by atoms with E-state index in [1.165, 1.54) is 0 Å². The minimum atomic E-state index is -3.53. The highest BCUT2D eigenvalue weighted by molar-refractivity contribution is 7.89. The van der Waals surface area contributed by atoms with Crippen molar-refractivity contribution in [3.05, 3.63) is 60.4 Å². The predicted octanol–water partition coefficient (Wildman–Crippen LogP) is 3.49. The zero-order valence-corrected chi connectivity index (χ0v) is 15.0. The molecule has 1 saturated heterocycles. The van der Waals surface area contributed by atoms with Gasteiger partial charge in [-0.15, -0.1) is 0 Å². The molecule has 0 unspecified atom stereocenters. The molecule has 6 heteroatoms. The molecule has 0 N–H and O–H groups in total. The van der Waals surface area contributed by atoms with Crippen LogP contribution in [-0.2, 0) is 17.1 Å². The van der Waals surface area contributed by atoms with Crippen molar-refractivity contribution >= 4 is 21.1 Å². The monoisotopic (exact) mass is 355 g/mol. The Morgan fingerprint density at radius 1 is 1.00 bits per heavy atom. The summed E-state index contributed by atoms with van der Waals surface area (Å²) in [7, 11) is -1.57. The molecule has 1 aliphatic rings. The first kappa shape index (κ1) is 16.3. The number of aryl methyl sites for hydroxylation is 1. The molecule has 2 heterocycles. The summed E-state index contributed by atoms with van der Waals surface area (Å²) in [5.41, 5.74) is 1.93. The van der Waals surface area contributed by atoms with E-state index in [-0.39, 0.29) is 6.04 Å². The summed E-state index contributed by atoms with van der Waals surface area (Å²) >= 11 is 0. The largest absolute Gasteiger partial charge is 0.330 e. The predicted molar refractivity (Wildman–Crippen MR) is 97.6 cm³/mol. The third kappa shape index (κ3) is 2.75. The molecule has 0 spiro atoms. The number of fused-ring (bicyclic) bond motifs is 1. The third-order valence-electron chi connectivity index (χ3n) is 4.92. The molecule has 5 nitrogen and oxygen atoms in total. The lowest BCUT2D eigenvalue weighted by molar-refractivity contribution is 0.243. The lowest BCUT2D eigenvalue weighted by atomic mass is 10.0. The van der Waals surface area contributed by atoms with Crippen molar-refractivity contribution < 1.29 is 8.42 Å². The maximum absolute atomic E-state index is 13.2. The summed E-state index contributed by atoms with van der Waals surface area (Å²) in [6.07, 6.45) is 2.68. The fourth-order valence-electron chi connectivity index (χ4n) is 3.64. The van der Waals surface area contributed by atoms with Crippen LogP contribution in [0.5, 0.6) is 0 Å². The average molecular weight is 355 g/mol. The zero-order chi connectivity index (χ0) is 17.4. The summed E-state index contributed by atoms with van der Waals surface area (Å²) < 4.78 is 30.0. The molecule has 1 atom stereocenters. The smallest absolute Gasteiger partial charge is 0.243 e. The number of imidazole rings is 1. The van der Waals surface area contributed by atoms with E-state index in [0.717, 1.165) is 36.1 Å². The minimum Gasteiger partial charge on any atom is -0.330 e. The van der Waals surface area contributed by atoms with Gasteiger partial charge in [0.1, 0.15) is 5.82 Å². The number of piperidine rings is 1. The Balaban J connectivity index is 1.80. The van der Waals surface area contributed by atoms with Gasteiger partial charge in [-0.05, 0) is 37.1 Å². The van der Waals surface area contributed by atoms with Crippen molar-refractivity contribution in [3.63, 3.8) is 0 Å². The molecule has 0 aliphatic carbocycles. The average Bonchev–Trinajstić information content (AvgIpc) is 2.99. The van der Waals surface area contributed by atoms with Crippen molar-refractivity contribution in [2.75, 3.05) is 6.54 Å². The molecular weight excluding hydrogens is 334 g/mol. The van der Waals surface area contributed by atoms with Gasteiger partial charge in [-0.1, -0.05) is 36.8 Å². The molecule has 130 valence electrons. The highest BCUT2D eigenvalue weighted by Gasteiger charge is 2.36. The Morgan fingerprint density at radius 3 is 2.48 bits per heavy atom. The van der Waals surface area contributed by atoms with Crippen molar-refractivity contribution in [2.24, 2.45) is 7.05 Å². The van der Waals surface area contributed by atoms with Gasteiger partial charge >= 0.3 is 0 Å². The molecule has 0 saturated carbocycles. The summed E-state index contributed by atoms with van der Waals surface area (Å²) in [6, 6.07) is 16.4. The highest BCUT2D eigenvalue weighted by Crippen LogP contribution is 2.35. The first-order valence-corrected chi connectivity index (χ1v) is 10.0. The van der Waals surface area contributed by atoms with E-state index in [4.69, 9.17) is 4.98 Å². The fraction of sp³-hybridized carbons (Fsp3) is 0.316. The number of benzene rings is 2. The van der Waals surface area contributed by atoms with Gasteiger partial charge in [0.05, 0.1) is 22.0 Å². The van der Waals surface area contributed by atoms with Gasteiger partial charge in [0, 0.05) is 13.6 Å². The van der Waals surface area contributed by atoms with Crippen LogP contribution in [0.3, 0.4) is 0 Å².